The van der Waals surface area contributed by atoms with Crippen LogP contribution in [0.3, 0.4) is 0 Å². The Hall–Kier alpha value is -1.60. The molecule has 1 aromatic rings. The van der Waals surface area contributed by atoms with Gasteiger partial charge >= 0.3 is 0 Å². The lowest BCUT2D eigenvalue weighted by atomic mass is 10.1. The van der Waals surface area contributed by atoms with E-state index in [2.05, 4.69) is 66.5 Å². The molecule has 6 nitrogen and oxygen atoms in total. The molecule has 2 rings (SSSR count). The summed E-state index contributed by atoms with van der Waals surface area (Å²) in [6.45, 7) is 10.8. The summed E-state index contributed by atoms with van der Waals surface area (Å²) < 4.78 is 1.10. The first-order valence-electron chi connectivity index (χ1n) is 9.11. The van der Waals surface area contributed by atoms with Crippen molar-refractivity contribution in [2.45, 2.75) is 33.4 Å². The lowest BCUT2D eigenvalue weighted by molar-refractivity contribution is -0.123. The van der Waals surface area contributed by atoms with E-state index in [0.29, 0.717) is 6.54 Å². The van der Waals surface area contributed by atoms with Crippen LogP contribution in [0.25, 0.3) is 0 Å². The van der Waals surface area contributed by atoms with Crippen molar-refractivity contribution >= 4 is 27.8 Å². The predicted molar refractivity (Wildman–Crippen MR) is 110 cm³/mol. The molecule has 0 unspecified atom stereocenters. The van der Waals surface area contributed by atoms with Gasteiger partial charge in [-0.2, -0.15) is 0 Å². The normalized spacial score (nSPS) is 16.1. The molecule has 1 aliphatic rings. The molecular formula is C19H30BrN5O. The second-order valence-corrected chi connectivity index (χ2v) is 7.87. The molecule has 0 atom stereocenters. The predicted octanol–water partition coefficient (Wildman–Crippen LogP) is 1.98. The van der Waals surface area contributed by atoms with Crippen LogP contribution in [0.15, 0.2) is 27.7 Å². The van der Waals surface area contributed by atoms with E-state index in [1.165, 1.54) is 11.1 Å². The third kappa shape index (κ3) is 6.29. The second-order valence-electron chi connectivity index (χ2n) is 6.96. The van der Waals surface area contributed by atoms with Crippen LogP contribution in [0, 0.1) is 6.92 Å². The zero-order valence-electron chi connectivity index (χ0n) is 16.2. The topological polar surface area (TPSA) is 60.0 Å². The highest BCUT2D eigenvalue weighted by Crippen LogP contribution is 2.15. The molecule has 144 valence electrons. The van der Waals surface area contributed by atoms with Crippen LogP contribution < -0.4 is 10.6 Å². The summed E-state index contributed by atoms with van der Waals surface area (Å²) in [5, 5.41) is 6.41. The molecule has 26 heavy (non-hydrogen) atoms. The van der Waals surface area contributed by atoms with Gasteiger partial charge in [-0.15, -0.1) is 0 Å². The van der Waals surface area contributed by atoms with Crippen molar-refractivity contribution in [1.82, 2.24) is 20.4 Å². The van der Waals surface area contributed by atoms with Crippen molar-refractivity contribution in [3.8, 4) is 0 Å². The van der Waals surface area contributed by atoms with Gasteiger partial charge < -0.3 is 15.5 Å². The van der Waals surface area contributed by atoms with Gasteiger partial charge in [0.2, 0.25) is 5.91 Å². The Morgan fingerprint density at radius 3 is 2.54 bits per heavy atom. The molecule has 2 N–H and O–H groups in total. The fourth-order valence-corrected chi connectivity index (χ4v) is 3.53. The number of guanidine groups is 1. The number of nitrogens with zero attached hydrogens (tertiary/aromatic N) is 3. The highest BCUT2D eigenvalue weighted by Gasteiger charge is 2.21. The molecule has 0 bridgehead atoms. The molecule has 1 aliphatic heterocycles. The second kappa shape index (κ2) is 9.92. The molecule has 1 amide bonds. The van der Waals surface area contributed by atoms with E-state index in [4.69, 9.17) is 0 Å². The molecule has 7 heteroatoms. The van der Waals surface area contributed by atoms with Gasteiger partial charge in [0.05, 0.1) is 6.54 Å². The third-order valence-electron chi connectivity index (χ3n) is 4.44. The molecule has 0 aromatic heterocycles. The van der Waals surface area contributed by atoms with Crippen LogP contribution in [0.4, 0.5) is 0 Å². The maximum Gasteiger partial charge on any atom is 0.234 e. The number of hydrogen-bond donors (Lipinski definition) is 2. The first kappa shape index (κ1) is 20.7. The van der Waals surface area contributed by atoms with Gasteiger partial charge in [-0.1, -0.05) is 22.0 Å². The van der Waals surface area contributed by atoms with E-state index >= 15 is 0 Å². The SMILES string of the molecule is CN=C(NCc1ccc(Br)cc1C)N1CCN(CC(=O)NC(C)C)CC1. The van der Waals surface area contributed by atoms with E-state index in [1.807, 2.05) is 20.9 Å². The monoisotopic (exact) mass is 423 g/mol. The average Bonchev–Trinajstić information content (AvgIpc) is 2.57. The van der Waals surface area contributed by atoms with Crippen molar-refractivity contribution in [3.05, 3.63) is 33.8 Å². The molecule has 0 radical (unpaired) electrons. The number of carbonyl (C=O) groups excluding carboxylic acids is 1. The number of halogens is 1. The first-order valence-corrected chi connectivity index (χ1v) is 9.90. The Labute approximate surface area is 165 Å². The number of nitrogens with one attached hydrogen (secondary N) is 2. The Morgan fingerprint density at radius 2 is 1.96 bits per heavy atom. The van der Waals surface area contributed by atoms with Crippen molar-refractivity contribution in [2.75, 3.05) is 39.8 Å². The molecule has 1 aromatic carbocycles. The van der Waals surface area contributed by atoms with Gasteiger partial charge in [0, 0.05) is 50.3 Å². The smallest absolute Gasteiger partial charge is 0.234 e. The average molecular weight is 424 g/mol. The van der Waals surface area contributed by atoms with Crippen molar-refractivity contribution in [3.63, 3.8) is 0 Å². The van der Waals surface area contributed by atoms with E-state index in [-0.39, 0.29) is 11.9 Å². The number of carbonyl (C=O) groups is 1. The quantitative estimate of drug-likeness (QED) is 0.561. The summed E-state index contributed by atoms with van der Waals surface area (Å²) in [6, 6.07) is 6.51. The fourth-order valence-electron chi connectivity index (χ4n) is 3.05. The van der Waals surface area contributed by atoms with Crippen LogP contribution in [-0.4, -0.2) is 67.5 Å². The number of amides is 1. The number of aliphatic imine (C=N–C) groups is 1. The minimum absolute atomic E-state index is 0.0988. The van der Waals surface area contributed by atoms with Crippen LogP contribution >= 0.6 is 15.9 Å². The van der Waals surface area contributed by atoms with Gasteiger partial charge in [-0.25, -0.2) is 0 Å². The Balaban J connectivity index is 1.82. The van der Waals surface area contributed by atoms with Gasteiger partial charge in [0.25, 0.3) is 0 Å². The van der Waals surface area contributed by atoms with Gasteiger partial charge in [0.15, 0.2) is 5.96 Å². The maximum atomic E-state index is 11.9. The van der Waals surface area contributed by atoms with Crippen LogP contribution in [0.2, 0.25) is 0 Å². The van der Waals surface area contributed by atoms with E-state index in [9.17, 15) is 4.79 Å². The zero-order chi connectivity index (χ0) is 19.1. The summed E-state index contributed by atoms with van der Waals surface area (Å²) in [7, 11) is 1.82. The minimum Gasteiger partial charge on any atom is -0.353 e. The van der Waals surface area contributed by atoms with Gasteiger partial charge in [0.1, 0.15) is 0 Å². The molecule has 1 saturated heterocycles. The minimum atomic E-state index is 0.0988. The fraction of sp³-hybridized carbons (Fsp3) is 0.579. The van der Waals surface area contributed by atoms with Crippen LogP contribution in [-0.2, 0) is 11.3 Å². The van der Waals surface area contributed by atoms with Crippen molar-refractivity contribution in [1.29, 1.82) is 0 Å². The molecule has 0 saturated carbocycles. The summed E-state index contributed by atoms with van der Waals surface area (Å²) in [5.74, 6) is 1.01. The Bertz CT molecular complexity index is 639. The number of rotatable bonds is 5. The van der Waals surface area contributed by atoms with Crippen LogP contribution in [0.1, 0.15) is 25.0 Å². The van der Waals surface area contributed by atoms with Crippen molar-refractivity contribution < 1.29 is 4.79 Å². The molecular weight excluding hydrogens is 394 g/mol. The molecule has 0 aliphatic carbocycles. The number of benzene rings is 1. The van der Waals surface area contributed by atoms with E-state index in [0.717, 1.165) is 43.2 Å². The highest BCUT2D eigenvalue weighted by atomic mass is 79.9. The molecule has 1 heterocycles. The van der Waals surface area contributed by atoms with E-state index in [1.54, 1.807) is 0 Å². The largest absolute Gasteiger partial charge is 0.353 e. The summed E-state index contributed by atoms with van der Waals surface area (Å²) in [6.07, 6.45) is 0. The molecule has 1 fully saturated rings. The molecule has 0 spiro atoms. The summed E-state index contributed by atoms with van der Waals surface area (Å²) >= 11 is 3.50. The lowest BCUT2D eigenvalue weighted by Crippen LogP contribution is -2.54. The lowest BCUT2D eigenvalue weighted by Gasteiger charge is -2.36. The van der Waals surface area contributed by atoms with Gasteiger partial charge in [-0.3, -0.25) is 14.7 Å². The number of piperazine rings is 1. The number of aryl methyl sites for hydroxylation is 1. The summed E-state index contributed by atoms with van der Waals surface area (Å²) in [5.41, 5.74) is 2.52. The van der Waals surface area contributed by atoms with Crippen molar-refractivity contribution in [2.24, 2.45) is 4.99 Å². The summed E-state index contributed by atoms with van der Waals surface area (Å²) in [4.78, 5) is 20.8. The Morgan fingerprint density at radius 1 is 1.27 bits per heavy atom. The van der Waals surface area contributed by atoms with E-state index < -0.39 is 0 Å². The zero-order valence-corrected chi connectivity index (χ0v) is 17.8. The third-order valence-corrected chi connectivity index (χ3v) is 4.94. The number of hydrogen-bond acceptors (Lipinski definition) is 3. The maximum absolute atomic E-state index is 11.9. The first-order chi connectivity index (χ1) is 12.4. The van der Waals surface area contributed by atoms with Crippen LogP contribution in [0.5, 0.6) is 0 Å². The Kier molecular flexibility index (Phi) is 7.90. The standard InChI is InChI=1S/C19H30BrN5O/c1-14(2)23-18(26)13-24-7-9-25(10-8-24)19(21-4)22-12-16-5-6-17(20)11-15(16)3/h5-6,11,14H,7-10,12-13H2,1-4H3,(H,21,22)(H,23,26). The van der Waals surface area contributed by atoms with Gasteiger partial charge in [-0.05, 0) is 44.0 Å². The highest BCUT2D eigenvalue weighted by molar-refractivity contribution is 9.10.